The quantitative estimate of drug-likeness (QED) is 0.756. The van der Waals surface area contributed by atoms with Crippen LogP contribution in [0.3, 0.4) is 0 Å². The van der Waals surface area contributed by atoms with Crippen molar-refractivity contribution in [1.29, 1.82) is 0 Å². The van der Waals surface area contributed by atoms with Crippen LogP contribution in [0.2, 0.25) is 0 Å². The Kier molecular flexibility index (Phi) is 2.91. The van der Waals surface area contributed by atoms with Crippen molar-refractivity contribution in [2.24, 2.45) is 0 Å². The van der Waals surface area contributed by atoms with E-state index in [1.54, 1.807) is 0 Å². The van der Waals surface area contributed by atoms with Crippen LogP contribution in [0.1, 0.15) is 36.4 Å². The van der Waals surface area contributed by atoms with Gasteiger partial charge in [-0.05, 0) is 32.3 Å². The van der Waals surface area contributed by atoms with Crippen LogP contribution in [0.15, 0.2) is 0 Å². The summed E-state index contributed by atoms with van der Waals surface area (Å²) in [6, 6.07) is 0. The first-order valence-corrected chi connectivity index (χ1v) is 4.79. The van der Waals surface area contributed by atoms with Crippen molar-refractivity contribution in [1.82, 2.24) is 4.98 Å². The molecule has 2 heteroatoms. The number of hydrogen-bond acceptors (Lipinski definition) is 2. The number of aromatic hydroxyl groups is 1. The first kappa shape index (κ1) is 10.0. The van der Waals surface area contributed by atoms with E-state index >= 15 is 0 Å². The Hall–Kier alpha value is -1.05. The lowest BCUT2D eigenvalue weighted by Gasteiger charge is -2.12. The Morgan fingerprint density at radius 1 is 1.00 bits per heavy atom. The van der Waals surface area contributed by atoms with Gasteiger partial charge in [0, 0.05) is 11.3 Å². The molecule has 0 saturated heterocycles. The van der Waals surface area contributed by atoms with E-state index in [4.69, 9.17) is 0 Å². The Labute approximate surface area is 79.6 Å². The third-order valence-corrected chi connectivity index (χ3v) is 2.47. The van der Waals surface area contributed by atoms with Crippen molar-refractivity contribution >= 4 is 0 Å². The predicted molar refractivity (Wildman–Crippen MR) is 54.1 cm³/mol. The minimum atomic E-state index is 0.380. The summed E-state index contributed by atoms with van der Waals surface area (Å²) in [5, 5.41) is 9.77. The molecule has 0 fully saturated rings. The van der Waals surface area contributed by atoms with E-state index < -0.39 is 0 Å². The number of nitrogens with zero attached hydrogens (tertiary/aromatic N) is 1. The maximum absolute atomic E-state index is 9.77. The fourth-order valence-corrected chi connectivity index (χ4v) is 1.80. The molecule has 0 aliphatic rings. The zero-order valence-corrected chi connectivity index (χ0v) is 8.81. The molecule has 1 aromatic heterocycles. The van der Waals surface area contributed by atoms with Gasteiger partial charge in [0.25, 0.3) is 0 Å². The zero-order valence-electron chi connectivity index (χ0n) is 8.81. The first-order chi connectivity index (χ1) is 6.11. The Morgan fingerprint density at radius 3 is 2.00 bits per heavy atom. The lowest BCUT2D eigenvalue weighted by atomic mass is 10.00. The van der Waals surface area contributed by atoms with Crippen LogP contribution in [-0.2, 0) is 12.8 Å². The molecule has 0 aliphatic heterocycles. The second-order valence-corrected chi connectivity index (χ2v) is 3.30. The maximum Gasteiger partial charge on any atom is 0.140 e. The molecule has 2 nitrogen and oxygen atoms in total. The standard InChI is InChI=1S/C11H17NO/c1-5-9-7(3)12-8(4)11(13)10(9)6-2/h13H,5-6H2,1-4H3. The molecule has 13 heavy (non-hydrogen) atoms. The van der Waals surface area contributed by atoms with Gasteiger partial charge in [0.05, 0.1) is 5.69 Å². The summed E-state index contributed by atoms with van der Waals surface area (Å²) in [6.07, 6.45) is 1.81. The van der Waals surface area contributed by atoms with E-state index in [0.717, 1.165) is 29.8 Å². The number of aromatic nitrogens is 1. The molecular formula is C11H17NO. The normalized spacial score (nSPS) is 10.5. The van der Waals surface area contributed by atoms with Crippen LogP contribution in [-0.4, -0.2) is 10.1 Å². The minimum Gasteiger partial charge on any atom is -0.506 e. The first-order valence-electron chi connectivity index (χ1n) is 4.79. The van der Waals surface area contributed by atoms with Crippen molar-refractivity contribution in [3.05, 3.63) is 22.5 Å². The SMILES string of the molecule is CCc1c(C)nc(C)c(O)c1CC. The van der Waals surface area contributed by atoms with Crippen molar-refractivity contribution in [2.75, 3.05) is 0 Å². The van der Waals surface area contributed by atoms with Gasteiger partial charge in [0.1, 0.15) is 5.75 Å². The lowest BCUT2D eigenvalue weighted by Crippen LogP contribution is -2.00. The van der Waals surface area contributed by atoms with Gasteiger partial charge in [0.15, 0.2) is 0 Å². The van der Waals surface area contributed by atoms with Crippen LogP contribution in [0.4, 0.5) is 0 Å². The molecule has 0 aromatic carbocycles. The van der Waals surface area contributed by atoms with Crippen LogP contribution in [0, 0.1) is 13.8 Å². The van der Waals surface area contributed by atoms with Gasteiger partial charge in [-0.1, -0.05) is 13.8 Å². The summed E-state index contributed by atoms with van der Waals surface area (Å²) in [5.41, 5.74) is 4.05. The maximum atomic E-state index is 9.77. The molecule has 0 atom stereocenters. The molecule has 0 radical (unpaired) electrons. The molecule has 0 aliphatic carbocycles. The van der Waals surface area contributed by atoms with E-state index in [9.17, 15) is 5.11 Å². The van der Waals surface area contributed by atoms with Gasteiger partial charge in [0.2, 0.25) is 0 Å². The van der Waals surface area contributed by atoms with Crippen molar-refractivity contribution in [3.8, 4) is 5.75 Å². The Morgan fingerprint density at radius 2 is 1.54 bits per heavy atom. The average Bonchev–Trinajstić information content (AvgIpc) is 2.10. The lowest BCUT2D eigenvalue weighted by molar-refractivity contribution is 0.459. The second-order valence-electron chi connectivity index (χ2n) is 3.30. The van der Waals surface area contributed by atoms with Crippen LogP contribution in [0.25, 0.3) is 0 Å². The fourth-order valence-electron chi connectivity index (χ4n) is 1.80. The topological polar surface area (TPSA) is 33.1 Å². The summed E-state index contributed by atoms with van der Waals surface area (Å²) in [5.74, 6) is 0.380. The highest BCUT2D eigenvalue weighted by Crippen LogP contribution is 2.26. The fraction of sp³-hybridized carbons (Fsp3) is 0.545. The van der Waals surface area contributed by atoms with Gasteiger partial charge in [-0.25, -0.2) is 0 Å². The molecular weight excluding hydrogens is 162 g/mol. The number of rotatable bonds is 2. The molecule has 1 aromatic rings. The van der Waals surface area contributed by atoms with E-state index in [2.05, 4.69) is 18.8 Å². The van der Waals surface area contributed by atoms with Gasteiger partial charge >= 0.3 is 0 Å². The van der Waals surface area contributed by atoms with Gasteiger partial charge in [-0.15, -0.1) is 0 Å². The summed E-state index contributed by atoms with van der Waals surface area (Å²) in [6.45, 7) is 8.01. The number of aryl methyl sites for hydroxylation is 2. The molecule has 0 spiro atoms. The van der Waals surface area contributed by atoms with Crippen molar-refractivity contribution in [3.63, 3.8) is 0 Å². The van der Waals surface area contributed by atoms with Gasteiger partial charge < -0.3 is 5.11 Å². The van der Waals surface area contributed by atoms with E-state index in [1.165, 1.54) is 5.56 Å². The highest BCUT2D eigenvalue weighted by molar-refractivity contribution is 5.43. The van der Waals surface area contributed by atoms with Crippen molar-refractivity contribution < 1.29 is 5.11 Å². The van der Waals surface area contributed by atoms with Crippen LogP contribution >= 0.6 is 0 Å². The van der Waals surface area contributed by atoms with Gasteiger partial charge in [-0.3, -0.25) is 4.98 Å². The molecule has 1 N–H and O–H groups in total. The zero-order chi connectivity index (χ0) is 10.0. The molecule has 1 heterocycles. The van der Waals surface area contributed by atoms with Gasteiger partial charge in [-0.2, -0.15) is 0 Å². The van der Waals surface area contributed by atoms with E-state index in [-0.39, 0.29) is 0 Å². The summed E-state index contributed by atoms with van der Waals surface area (Å²) in [7, 11) is 0. The highest BCUT2D eigenvalue weighted by Gasteiger charge is 2.11. The summed E-state index contributed by atoms with van der Waals surface area (Å²) >= 11 is 0. The third kappa shape index (κ3) is 1.67. The van der Waals surface area contributed by atoms with Crippen molar-refractivity contribution in [2.45, 2.75) is 40.5 Å². The summed E-state index contributed by atoms with van der Waals surface area (Å²) < 4.78 is 0. The molecule has 0 bridgehead atoms. The molecule has 0 saturated carbocycles. The predicted octanol–water partition coefficient (Wildman–Crippen LogP) is 2.53. The largest absolute Gasteiger partial charge is 0.506 e. The number of pyridine rings is 1. The van der Waals surface area contributed by atoms with E-state index in [0.29, 0.717) is 5.75 Å². The van der Waals surface area contributed by atoms with Crippen LogP contribution < -0.4 is 0 Å². The Bertz CT molecular complexity index is 318. The number of hydrogen-bond donors (Lipinski definition) is 1. The minimum absolute atomic E-state index is 0.380. The second kappa shape index (κ2) is 3.77. The molecule has 72 valence electrons. The highest BCUT2D eigenvalue weighted by atomic mass is 16.3. The smallest absolute Gasteiger partial charge is 0.140 e. The molecule has 1 rings (SSSR count). The summed E-state index contributed by atoms with van der Waals surface area (Å²) in [4.78, 5) is 4.30. The van der Waals surface area contributed by atoms with Crippen LogP contribution in [0.5, 0.6) is 5.75 Å². The third-order valence-electron chi connectivity index (χ3n) is 2.47. The van der Waals surface area contributed by atoms with E-state index in [1.807, 2.05) is 13.8 Å². The average molecular weight is 179 g/mol. The molecule has 0 amide bonds. The monoisotopic (exact) mass is 179 g/mol. The molecule has 0 unspecified atom stereocenters. The Balaban J connectivity index is 3.41.